The van der Waals surface area contributed by atoms with Crippen molar-refractivity contribution in [2.45, 2.75) is 30.3 Å². The zero-order chi connectivity index (χ0) is 11.9. The molecule has 0 saturated carbocycles. The second kappa shape index (κ2) is 6.92. The van der Waals surface area contributed by atoms with E-state index in [4.69, 9.17) is 4.74 Å². The predicted molar refractivity (Wildman–Crippen MR) is 74.8 cm³/mol. The molecule has 17 heavy (non-hydrogen) atoms. The molecule has 0 bridgehead atoms. The third-order valence-corrected chi connectivity index (χ3v) is 4.52. The molecule has 1 N–H and O–H groups in total. The van der Waals surface area contributed by atoms with Crippen LogP contribution in [0.4, 0.5) is 0 Å². The number of benzene rings is 1. The van der Waals surface area contributed by atoms with Gasteiger partial charge in [-0.3, -0.25) is 0 Å². The molecule has 1 aliphatic rings. The van der Waals surface area contributed by atoms with Crippen molar-refractivity contribution in [1.82, 2.24) is 5.32 Å². The van der Waals surface area contributed by atoms with Gasteiger partial charge in [-0.05, 0) is 25.5 Å². The molecule has 0 amide bonds. The summed E-state index contributed by atoms with van der Waals surface area (Å²) in [6, 6.07) is 8.32. The van der Waals surface area contributed by atoms with Crippen LogP contribution in [-0.4, -0.2) is 25.4 Å². The van der Waals surface area contributed by atoms with E-state index in [9.17, 15) is 0 Å². The van der Waals surface area contributed by atoms with E-state index in [0.29, 0.717) is 0 Å². The number of ether oxygens (including phenoxy) is 1. The minimum absolute atomic E-state index is 0.752. The van der Waals surface area contributed by atoms with Crippen LogP contribution in [0.5, 0.6) is 5.75 Å². The number of para-hydroxylation sites is 1. The maximum Gasteiger partial charge on any atom is 0.122 e. The monoisotopic (exact) mass is 251 g/mol. The maximum absolute atomic E-state index is 5.38. The van der Waals surface area contributed by atoms with Crippen molar-refractivity contribution in [1.29, 1.82) is 0 Å². The summed E-state index contributed by atoms with van der Waals surface area (Å²) in [5.41, 5.74) is 1.31. The fraction of sp³-hybridized carbons (Fsp3) is 0.571. The Kier molecular flexibility index (Phi) is 5.20. The molecule has 1 aromatic carbocycles. The van der Waals surface area contributed by atoms with E-state index in [1.807, 2.05) is 12.1 Å². The standard InChI is InChI=1S/C14H21NOS/c1-16-14-8-3-2-6-12(14)11-17-13-7-4-5-9-15-10-13/h2-3,6,8,13,15H,4-5,7,9-11H2,1H3. The second-order valence-corrected chi connectivity index (χ2v) is 5.73. The van der Waals surface area contributed by atoms with Crippen molar-refractivity contribution in [3.8, 4) is 5.75 Å². The van der Waals surface area contributed by atoms with Crippen molar-refractivity contribution >= 4 is 11.8 Å². The van der Waals surface area contributed by atoms with Crippen molar-refractivity contribution in [3.05, 3.63) is 29.8 Å². The molecule has 0 spiro atoms. The molecule has 1 unspecified atom stereocenters. The van der Waals surface area contributed by atoms with Crippen LogP contribution in [-0.2, 0) is 5.75 Å². The zero-order valence-corrected chi connectivity index (χ0v) is 11.3. The van der Waals surface area contributed by atoms with Crippen LogP contribution in [0.2, 0.25) is 0 Å². The lowest BCUT2D eigenvalue weighted by atomic mass is 10.2. The molecular formula is C14H21NOS. The highest BCUT2D eigenvalue weighted by Crippen LogP contribution is 2.27. The van der Waals surface area contributed by atoms with E-state index >= 15 is 0 Å². The van der Waals surface area contributed by atoms with Crippen LogP contribution in [0.25, 0.3) is 0 Å². The van der Waals surface area contributed by atoms with Crippen LogP contribution in [0.15, 0.2) is 24.3 Å². The van der Waals surface area contributed by atoms with Gasteiger partial charge < -0.3 is 10.1 Å². The number of rotatable bonds is 4. The van der Waals surface area contributed by atoms with Gasteiger partial charge in [0.1, 0.15) is 5.75 Å². The molecule has 2 rings (SSSR count). The predicted octanol–water partition coefficient (Wildman–Crippen LogP) is 3.07. The smallest absolute Gasteiger partial charge is 0.122 e. The summed E-state index contributed by atoms with van der Waals surface area (Å²) in [6.45, 7) is 2.34. The van der Waals surface area contributed by atoms with Crippen molar-refractivity contribution in [2.75, 3.05) is 20.2 Å². The number of nitrogens with one attached hydrogen (secondary N) is 1. The average Bonchev–Trinajstić information content (AvgIpc) is 2.65. The molecule has 1 saturated heterocycles. The van der Waals surface area contributed by atoms with E-state index in [2.05, 4.69) is 29.2 Å². The number of hydrogen-bond donors (Lipinski definition) is 1. The minimum Gasteiger partial charge on any atom is -0.496 e. The van der Waals surface area contributed by atoms with Gasteiger partial charge in [-0.25, -0.2) is 0 Å². The molecule has 1 heterocycles. The Balaban J connectivity index is 1.87. The van der Waals surface area contributed by atoms with Crippen molar-refractivity contribution in [3.63, 3.8) is 0 Å². The van der Waals surface area contributed by atoms with E-state index in [0.717, 1.165) is 23.3 Å². The SMILES string of the molecule is COc1ccccc1CSC1CCCCNC1. The van der Waals surface area contributed by atoms with E-state index in [1.165, 1.54) is 31.4 Å². The van der Waals surface area contributed by atoms with Crippen LogP contribution in [0, 0.1) is 0 Å². The van der Waals surface area contributed by atoms with Gasteiger partial charge in [0.25, 0.3) is 0 Å². The summed E-state index contributed by atoms with van der Waals surface area (Å²) in [6.07, 6.45) is 4.02. The molecule has 0 aliphatic carbocycles. The molecular weight excluding hydrogens is 230 g/mol. The van der Waals surface area contributed by atoms with Gasteiger partial charge >= 0.3 is 0 Å². The summed E-state index contributed by atoms with van der Waals surface area (Å²) in [5.74, 6) is 2.07. The summed E-state index contributed by atoms with van der Waals surface area (Å²) in [4.78, 5) is 0. The molecule has 1 aliphatic heterocycles. The first-order valence-electron chi connectivity index (χ1n) is 6.34. The molecule has 3 heteroatoms. The maximum atomic E-state index is 5.38. The van der Waals surface area contributed by atoms with Crippen LogP contribution in [0.1, 0.15) is 24.8 Å². The first-order chi connectivity index (χ1) is 8.40. The van der Waals surface area contributed by atoms with Crippen LogP contribution < -0.4 is 10.1 Å². The molecule has 0 aromatic heterocycles. The van der Waals surface area contributed by atoms with Gasteiger partial charge in [-0.1, -0.05) is 24.6 Å². The van der Waals surface area contributed by atoms with Gasteiger partial charge in [0.2, 0.25) is 0 Å². The number of thioether (sulfide) groups is 1. The van der Waals surface area contributed by atoms with Gasteiger partial charge in [-0.15, -0.1) is 0 Å². The topological polar surface area (TPSA) is 21.3 Å². The molecule has 0 radical (unpaired) electrons. The summed E-state index contributed by atoms with van der Waals surface area (Å²) < 4.78 is 5.38. The first-order valence-corrected chi connectivity index (χ1v) is 7.39. The third-order valence-electron chi connectivity index (χ3n) is 3.17. The van der Waals surface area contributed by atoms with Gasteiger partial charge in [0.05, 0.1) is 7.11 Å². The number of methoxy groups -OCH3 is 1. The molecule has 1 atom stereocenters. The first kappa shape index (κ1) is 12.8. The second-order valence-electron chi connectivity index (χ2n) is 4.44. The Morgan fingerprint density at radius 3 is 3.12 bits per heavy atom. The van der Waals surface area contributed by atoms with Crippen LogP contribution in [0.3, 0.4) is 0 Å². The fourth-order valence-corrected chi connectivity index (χ4v) is 3.38. The molecule has 94 valence electrons. The molecule has 1 aromatic rings. The van der Waals surface area contributed by atoms with Gasteiger partial charge in [0, 0.05) is 23.1 Å². The normalized spacial score (nSPS) is 20.9. The van der Waals surface area contributed by atoms with Gasteiger partial charge in [0.15, 0.2) is 0 Å². The lowest BCUT2D eigenvalue weighted by Gasteiger charge is -2.15. The fourth-order valence-electron chi connectivity index (χ4n) is 2.16. The van der Waals surface area contributed by atoms with E-state index in [-0.39, 0.29) is 0 Å². The highest BCUT2D eigenvalue weighted by Gasteiger charge is 2.13. The third kappa shape index (κ3) is 3.93. The largest absolute Gasteiger partial charge is 0.496 e. The van der Waals surface area contributed by atoms with Crippen molar-refractivity contribution in [2.24, 2.45) is 0 Å². The number of hydrogen-bond acceptors (Lipinski definition) is 3. The van der Waals surface area contributed by atoms with Crippen LogP contribution >= 0.6 is 11.8 Å². The summed E-state index contributed by atoms with van der Waals surface area (Å²) >= 11 is 2.05. The highest BCUT2D eigenvalue weighted by molar-refractivity contribution is 7.99. The minimum atomic E-state index is 0.752. The van der Waals surface area contributed by atoms with Gasteiger partial charge in [-0.2, -0.15) is 11.8 Å². The Labute approximate surface area is 108 Å². The Morgan fingerprint density at radius 1 is 1.35 bits per heavy atom. The molecule has 2 nitrogen and oxygen atoms in total. The lowest BCUT2D eigenvalue weighted by Crippen LogP contribution is -2.22. The lowest BCUT2D eigenvalue weighted by molar-refractivity contribution is 0.411. The Hall–Kier alpha value is -0.670. The Morgan fingerprint density at radius 2 is 2.24 bits per heavy atom. The van der Waals surface area contributed by atoms with E-state index < -0.39 is 0 Å². The summed E-state index contributed by atoms with van der Waals surface area (Å²) in [5, 5.41) is 4.26. The average molecular weight is 251 g/mol. The van der Waals surface area contributed by atoms with E-state index in [1.54, 1.807) is 7.11 Å². The highest BCUT2D eigenvalue weighted by atomic mass is 32.2. The zero-order valence-electron chi connectivity index (χ0n) is 10.4. The van der Waals surface area contributed by atoms with Crippen molar-refractivity contribution < 1.29 is 4.74 Å². The molecule has 1 fully saturated rings. The quantitative estimate of drug-likeness (QED) is 0.888. The summed E-state index contributed by atoms with van der Waals surface area (Å²) in [7, 11) is 1.75. The Bertz CT molecular complexity index is 335.